The Morgan fingerprint density at radius 3 is 2.00 bits per heavy atom. The molecule has 0 amide bonds. The Kier molecular flexibility index (Phi) is 6.63. The smallest absolute Gasteiger partial charge is 0.308 e. The number of halogens is 1. The number of hydrogen-bond acceptors (Lipinski definition) is 7. The second-order valence-electron chi connectivity index (χ2n) is 3.31. The first-order valence-electron chi connectivity index (χ1n) is 5.00. The third-order valence-corrected chi connectivity index (χ3v) is 1.63. The van der Waals surface area contributed by atoms with E-state index in [4.69, 9.17) is 18.9 Å². The Morgan fingerprint density at radius 1 is 1.00 bits per heavy atom. The van der Waals surface area contributed by atoms with Crippen LogP contribution in [0, 0.1) is 0 Å². The number of ether oxygens (including phenoxy) is 4. The molecule has 0 radical (unpaired) electrons. The fourth-order valence-electron chi connectivity index (χ4n) is 1.13. The maximum absolute atomic E-state index is 10.9. The average Bonchev–Trinajstić information content (AvgIpc) is 2.19. The molecule has 0 saturated heterocycles. The summed E-state index contributed by atoms with van der Waals surface area (Å²) in [4.78, 5) is 32.5. The summed E-state index contributed by atoms with van der Waals surface area (Å²) in [7, 11) is 0. The van der Waals surface area contributed by atoms with Gasteiger partial charge in [0.15, 0.2) is 5.76 Å². The number of rotatable bonds is 3. The highest BCUT2D eigenvalue weighted by Gasteiger charge is 2.23. The van der Waals surface area contributed by atoms with Gasteiger partial charge in [0.25, 0.3) is 6.29 Å². The van der Waals surface area contributed by atoms with Gasteiger partial charge in [0.2, 0.25) is 5.76 Å². The Balaban J connectivity index is 0.00000324. The zero-order valence-electron chi connectivity index (χ0n) is 10.5. The standard InChI is InChI=1S/C11H12O7.ClH/c1-6(12)16-9-4-11(18-8(3)14)15-5-10(9)17-7(2)13;/h4-5,11H,1-3H3;1H. The summed E-state index contributed by atoms with van der Waals surface area (Å²) >= 11 is 0. The molecule has 0 saturated carbocycles. The van der Waals surface area contributed by atoms with Gasteiger partial charge in [0.1, 0.15) is 6.26 Å². The first-order chi connectivity index (χ1) is 8.38. The van der Waals surface area contributed by atoms with Crippen LogP contribution in [0.1, 0.15) is 20.8 Å². The lowest BCUT2D eigenvalue weighted by Gasteiger charge is -2.20. The van der Waals surface area contributed by atoms with E-state index >= 15 is 0 Å². The van der Waals surface area contributed by atoms with E-state index in [0.29, 0.717) is 0 Å². The van der Waals surface area contributed by atoms with Crippen molar-refractivity contribution in [2.45, 2.75) is 27.1 Å². The van der Waals surface area contributed by atoms with E-state index in [1.165, 1.54) is 26.8 Å². The van der Waals surface area contributed by atoms with Crippen molar-refractivity contribution in [1.29, 1.82) is 0 Å². The van der Waals surface area contributed by atoms with Gasteiger partial charge in [0, 0.05) is 26.8 Å². The maximum atomic E-state index is 10.9. The lowest BCUT2D eigenvalue weighted by Crippen LogP contribution is -2.22. The molecule has 1 atom stereocenters. The van der Waals surface area contributed by atoms with Crippen molar-refractivity contribution in [2.75, 3.05) is 0 Å². The largest absolute Gasteiger partial charge is 0.455 e. The molecule has 1 rings (SSSR count). The first-order valence-corrected chi connectivity index (χ1v) is 5.00. The molecule has 0 N–H and O–H groups in total. The van der Waals surface area contributed by atoms with Crippen LogP contribution < -0.4 is 0 Å². The summed E-state index contributed by atoms with van der Waals surface area (Å²) in [6.07, 6.45) is 1.21. The highest BCUT2D eigenvalue weighted by atomic mass is 35.5. The van der Waals surface area contributed by atoms with E-state index in [0.717, 1.165) is 6.26 Å². The van der Waals surface area contributed by atoms with E-state index in [1.54, 1.807) is 0 Å². The minimum atomic E-state index is -1.03. The summed E-state index contributed by atoms with van der Waals surface area (Å²) in [5.74, 6) is -1.89. The van der Waals surface area contributed by atoms with Gasteiger partial charge in [-0.3, -0.25) is 14.4 Å². The van der Waals surface area contributed by atoms with E-state index < -0.39 is 24.2 Å². The Hall–Kier alpha value is -2.02. The average molecular weight is 293 g/mol. The van der Waals surface area contributed by atoms with Gasteiger partial charge in [-0.15, -0.1) is 12.4 Å². The highest BCUT2D eigenvalue weighted by molar-refractivity contribution is 5.85. The summed E-state index contributed by atoms with van der Waals surface area (Å²) in [6.45, 7) is 3.57. The molecule has 1 unspecified atom stereocenters. The molecule has 106 valence electrons. The van der Waals surface area contributed by atoms with Crippen molar-refractivity contribution >= 4 is 30.3 Å². The van der Waals surface area contributed by atoms with Crippen molar-refractivity contribution in [3.8, 4) is 0 Å². The summed E-state index contributed by atoms with van der Waals surface area (Å²) < 4.78 is 19.3. The molecule has 1 aliphatic rings. The van der Waals surface area contributed by atoms with Crippen LogP contribution in [0.25, 0.3) is 0 Å². The van der Waals surface area contributed by atoms with Crippen LogP contribution in [0.5, 0.6) is 0 Å². The third-order valence-electron chi connectivity index (χ3n) is 1.63. The topological polar surface area (TPSA) is 88.1 Å². The van der Waals surface area contributed by atoms with Gasteiger partial charge in [-0.05, 0) is 0 Å². The normalized spacial score (nSPS) is 16.9. The maximum Gasteiger partial charge on any atom is 0.308 e. The second kappa shape index (κ2) is 7.42. The predicted molar refractivity (Wildman–Crippen MR) is 63.6 cm³/mol. The quantitative estimate of drug-likeness (QED) is 0.570. The van der Waals surface area contributed by atoms with Crippen LogP contribution in [0.2, 0.25) is 0 Å². The zero-order valence-corrected chi connectivity index (χ0v) is 11.3. The highest BCUT2D eigenvalue weighted by Crippen LogP contribution is 2.21. The van der Waals surface area contributed by atoms with Crippen LogP contribution in [-0.2, 0) is 33.3 Å². The van der Waals surface area contributed by atoms with Crippen LogP contribution in [0.3, 0.4) is 0 Å². The molecule has 1 heterocycles. The fourth-order valence-corrected chi connectivity index (χ4v) is 1.13. The minimum Gasteiger partial charge on any atom is -0.455 e. The minimum absolute atomic E-state index is 0. The fraction of sp³-hybridized carbons (Fsp3) is 0.364. The van der Waals surface area contributed by atoms with Crippen LogP contribution in [0.4, 0.5) is 0 Å². The number of esters is 3. The third kappa shape index (κ3) is 5.91. The van der Waals surface area contributed by atoms with Crippen molar-refractivity contribution in [2.24, 2.45) is 0 Å². The van der Waals surface area contributed by atoms with E-state index in [2.05, 4.69) is 0 Å². The summed E-state index contributed by atoms with van der Waals surface area (Å²) in [5.41, 5.74) is 0. The van der Waals surface area contributed by atoms with Crippen molar-refractivity contribution in [3.63, 3.8) is 0 Å². The molecular weight excluding hydrogens is 280 g/mol. The van der Waals surface area contributed by atoms with Gasteiger partial charge in [-0.2, -0.15) is 0 Å². The van der Waals surface area contributed by atoms with Crippen LogP contribution in [0.15, 0.2) is 23.9 Å². The molecule has 7 nitrogen and oxygen atoms in total. The molecule has 0 aromatic heterocycles. The molecule has 0 aliphatic carbocycles. The number of carbonyl (C=O) groups excluding carboxylic acids is 3. The number of hydrogen-bond donors (Lipinski definition) is 0. The van der Waals surface area contributed by atoms with Gasteiger partial charge < -0.3 is 18.9 Å². The molecule has 8 heteroatoms. The van der Waals surface area contributed by atoms with Crippen molar-refractivity contribution in [3.05, 3.63) is 23.9 Å². The molecule has 0 fully saturated rings. The zero-order chi connectivity index (χ0) is 13.7. The van der Waals surface area contributed by atoms with E-state index in [9.17, 15) is 14.4 Å². The van der Waals surface area contributed by atoms with Crippen LogP contribution >= 0.6 is 12.4 Å². The Bertz CT molecular complexity index is 438. The van der Waals surface area contributed by atoms with Crippen LogP contribution in [-0.4, -0.2) is 24.2 Å². The van der Waals surface area contributed by atoms with Crippen molar-refractivity contribution in [1.82, 2.24) is 0 Å². The lowest BCUT2D eigenvalue weighted by molar-refractivity contribution is -0.161. The SMILES string of the molecule is CC(=O)OC1=COC(OC(C)=O)C=C1OC(C)=O.Cl. The van der Waals surface area contributed by atoms with Gasteiger partial charge in [-0.25, -0.2) is 0 Å². The summed E-state index contributed by atoms with van der Waals surface area (Å²) in [5, 5.41) is 0. The lowest BCUT2D eigenvalue weighted by atomic mass is 10.3. The molecule has 0 aromatic rings. The molecular formula is C11H13ClO7. The molecule has 0 aromatic carbocycles. The molecule has 19 heavy (non-hydrogen) atoms. The molecule has 0 bridgehead atoms. The van der Waals surface area contributed by atoms with Gasteiger partial charge in [-0.1, -0.05) is 0 Å². The van der Waals surface area contributed by atoms with E-state index in [1.807, 2.05) is 0 Å². The molecule has 0 spiro atoms. The van der Waals surface area contributed by atoms with Gasteiger partial charge in [0.05, 0.1) is 0 Å². The second-order valence-corrected chi connectivity index (χ2v) is 3.31. The summed E-state index contributed by atoms with van der Waals surface area (Å²) in [6, 6.07) is 0. The molecule has 1 aliphatic heterocycles. The van der Waals surface area contributed by atoms with Crippen molar-refractivity contribution < 1.29 is 33.3 Å². The van der Waals surface area contributed by atoms with E-state index in [-0.39, 0.29) is 23.9 Å². The first kappa shape index (κ1) is 17.0. The Morgan fingerprint density at radius 2 is 1.53 bits per heavy atom. The van der Waals surface area contributed by atoms with Gasteiger partial charge >= 0.3 is 17.9 Å². The monoisotopic (exact) mass is 292 g/mol. The predicted octanol–water partition coefficient (Wildman–Crippen LogP) is 1.18. The Labute approximate surface area is 115 Å². The number of carbonyl (C=O) groups is 3.